The number of likely N-dealkylation sites (tertiary alicyclic amines) is 1. The minimum Gasteiger partial charge on any atom is -0.447 e. The van der Waals surface area contributed by atoms with E-state index in [1.807, 2.05) is 26.8 Å². The van der Waals surface area contributed by atoms with E-state index < -0.39 is 30.3 Å². The summed E-state index contributed by atoms with van der Waals surface area (Å²) in [7, 11) is -1.61. The van der Waals surface area contributed by atoms with Crippen molar-refractivity contribution >= 4 is 19.1 Å². The molecule has 0 radical (unpaired) electrons. The van der Waals surface area contributed by atoms with Crippen LogP contribution in [-0.2, 0) is 14.3 Å². The number of hydrogen-bond donors (Lipinski definition) is 3. The maximum Gasteiger partial charge on any atom is 0.453 e. The van der Waals surface area contributed by atoms with Gasteiger partial charge in [-0.15, -0.1) is 0 Å². The highest BCUT2D eigenvalue weighted by Crippen LogP contribution is 2.31. The number of nitrogens with zero attached hydrogens (tertiary/aromatic N) is 3. The first-order valence-corrected chi connectivity index (χ1v) is 13.2. The number of alkyl carbamates (subject to hydrolysis) is 1. The average Bonchev–Trinajstić information content (AvgIpc) is 2.91. The van der Waals surface area contributed by atoms with Crippen LogP contribution in [0.15, 0.2) is 42.0 Å². The summed E-state index contributed by atoms with van der Waals surface area (Å²) in [5.74, 6) is -0.370. The van der Waals surface area contributed by atoms with Crippen LogP contribution in [0.4, 0.5) is 4.79 Å². The van der Waals surface area contributed by atoms with Gasteiger partial charge < -0.3 is 29.7 Å². The van der Waals surface area contributed by atoms with E-state index in [0.717, 1.165) is 25.9 Å². The van der Waals surface area contributed by atoms with Crippen molar-refractivity contribution in [2.24, 2.45) is 0 Å². The van der Waals surface area contributed by atoms with Crippen molar-refractivity contribution in [3.05, 3.63) is 47.5 Å². The second-order valence-corrected chi connectivity index (χ2v) is 10.7. The van der Waals surface area contributed by atoms with Crippen LogP contribution in [0.1, 0.15) is 51.6 Å². The van der Waals surface area contributed by atoms with E-state index in [9.17, 15) is 24.9 Å². The van der Waals surface area contributed by atoms with Crippen LogP contribution in [-0.4, -0.2) is 89.5 Å². The molecule has 2 aliphatic rings. The maximum atomic E-state index is 13.6. The summed E-state index contributed by atoms with van der Waals surface area (Å²) in [6.07, 6.45) is 3.19. The Kier molecular flexibility index (Phi) is 10.3. The predicted octanol–water partition coefficient (Wildman–Crippen LogP) is 2.26. The highest BCUT2D eigenvalue weighted by molar-refractivity contribution is 6.41. The van der Waals surface area contributed by atoms with E-state index in [0.29, 0.717) is 31.7 Å². The van der Waals surface area contributed by atoms with E-state index in [1.165, 1.54) is 0 Å². The summed E-state index contributed by atoms with van der Waals surface area (Å²) in [5.41, 5.74) is -0.508. The zero-order valence-electron chi connectivity index (χ0n) is 22.6. The van der Waals surface area contributed by atoms with Gasteiger partial charge in [-0.05, 0) is 51.7 Å². The van der Waals surface area contributed by atoms with Crippen molar-refractivity contribution in [1.29, 1.82) is 5.26 Å². The zero-order chi connectivity index (χ0) is 27.8. The normalized spacial score (nSPS) is 21.8. The third-order valence-electron chi connectivity index (χ3n) is 7.37. The van der Waals surface area contributed by atoms with Crippen LogP contribution in [0.25, 0.3) is 0 Å². The first-order chi connectivity index (χ1) is 18.1. The molecule has 11 heteroatoms. The third-order valence-corrected chi connectivity index (χ3v) is 7.37. The molecule has 0 spiro atoms. The maximum absolute atomic E-state index is 13.6. The number of nitriles is 1. The molecule has 2 atom stereocenters. The van der Waals surface area contributed by atoms with Crippen LogP contribution >= 0.6 is 0 Å². The summed E-state index contributed by atoms with van der Waals surface area (Å²) in [6, 6.07) is 10.4. The number of piperidine rings is 1. The van der Waals surface area contributed by atoms with Gasteiger partial charge in [-0.25, -0.2) is 4.79 Å². The Morgan fingerprint density at radius 1 is 1.24 bits per heavy atom. The Morgan fingerprint density at radius 2 is 1.92 bits per heavy atom. The number of amides is 2. The molecule has 0 bridgehead atoms. The average molecular weight is 526 g/mol. The van der Waals surface area contributed by atoms with Gasteiger partial charge in [0.05, 0.1) is 24.8 Å². The van der Waals surface area contributed by atoms with Gasteiger partial charge in [0.1, 0.15) is 18.2 Å². The van der Waals surface area contributed by atoms with Gasteiger partial charge in [0.15, 0.2) is 0 Å². The number of benzene rings is 1. The van der Waals surface area contributed by atoms with Crippen molar-refractivity contribution in [3.8, 4) is 6.07 Å². The lowest BCUT2D eigenvalue weighted by Gasteiger charge is -2.44. The topological polar surface area (TPSA) is 135 Å². The Balaban J connectivity index is 1.70. The Bertz CT molecular complexity index is 1020. The Labute approximate surface area is 225 Å². The van der Waals surface area contributed by atoms with Crippen LogP contribution in [0.2, 0.25) is 6.32 Å². The van der Waals surface area contributed by atoms with Crippen LogP contribution in [0.3, 0.4) is 0 Å². The molecule has 3 rings (SSSR count). The first-order valence-electron chi connectivity index (χ1n) is 13.2. The van der Waals surface area contributed by atoms with Gasteiger partial charge in [0.25, 0.3) is 5.91 Å². The molecule has 2 heterocycles. The fraction of sp³-hybridized carbons (Fsp3) is 0.593. The van der Waals surface area contributed by atoms with Crippen molar-refractivity contribution in [2.75, 3.05) is 39.5 Å². The number of carbonyl (C=O) groups excluding carboxylic acids is 2. The third kappa shape index (κ3) is 7.80. The molecular weight excluding hydrogens is 487 g/mol. The first kappa shape index (κ1) is 29.6. The fourth-order valence-corrected chi connectivity index (χ4v) is 5.13. The summed E-state index contributed by atoms with van der Waals surface area (Å²) in [6.45, 7) is 8.90. The number of morpholine rings is 1. The quantitative estimate of drug-likeness (QED) is 0.253. The number of ether oxygens (including phenoxy) is 2. The molecular formula is C27H39BN4O6. The van der Waals surface area contributed by atoms with Gasteiger partial charge in [-0.1, -0.05) is 30.3 Å². The monoisotopic (exact) mass is 526 g/mol. The summed E-state index contributed by atoms with van der Waals surface area (Å²) < 4.78 is 11.0. The minimum atomic E-state index is -1.61. The zero-order valence-corrected chi connectivity index (χ0v) is 22.6. The summed E-state index contributed by atoms with van der Waals surface area (Å²) >= 11 is 0. The van der Waals surface area contributed by atoms with E-state index in [2.05, 4.69) is 16.3 Å². The van der Waals surface area contributed by atoms with Crippen LogP contribution in [0.5, 0.6) is 0 Å². The standard InChI is InChI=1S/C27H39BN4O6/c1-26(2,31-13-15-37-16-14-31)17-22(19-29)24(33)32-12-8-7-11-27(32,3)20-38-25(34)30-23(18-28(35)36)21-9-5-4-6-10-21/h4-6,9-10,17,23,35-36H,7-8,11-16,18,20H2,1-3H3,(H,30,34)/t23-,27-/m1/s1. The second kappa shape index (κ2) is 13.2. The number of rotatable bonds is 9. The van der Waals surface area contributed by atoms with E-state index in [-0.39, 0.29) is 24.4 Å². The molecule has 0 aromatic heterocycles. The highest BCUT2D eigenvalue weighted by atomic mass is 16.5. The lowest BCUT2D eigenvalue weighted by molar-refractivity contribution is -0.136. The lowest BCUT2D eigenvalue weighted by atomic mass is 9.79. The van der Waals surface area contributed by atoms with Gasteiger partial charge in [0, 0.05) is 31.5 Å². The van der Waals surface area contributed by atoms with Gasteiger partial charge in [-0.3, -0.25) is 9.69 Å². The molecule has 2 saturated heterocycles. The van der Waals surface area contributed by atoms with Crippen LogP contribution in [0, 0.1) is 11.3 Å². The molecule has 3 N–H and O–H groups in total. The van der Waals surface area contributed by atoms with E-state index >= 15 is 0 Å². The van der Waals surface area contributed by atoms with Crippen molar-refractivity contribution < 1.29 is 29.1 Å². The molecule has 0 unspecified atom stereocenters. The fourth-order valence-electron chi connectivity index (χ4n) is 5.13. The molecule has 206 valence electrons. The van der Waals surface area contributed by atoms with Crippen molar-refractivity contribution in [3.63, 3.8) is 0 Å². The molecule has 38 heavy (non-hydrogen) atoms. The van der Waals surface area contributed by atoms with Crippen molar-refractivity contribution in [1.82, 2.24) is 15.1 Å². The van der Waals surface area contributed by atoms with Gasteiger partial charge in [-0.2, -0.15) is 5.26 Å². The Morgan fingerprint density at radius 3 is 2.55 bits per heavy atom. The molecule has 10 nitrogen and oxygen atoms in total. The molecule has 0 saturated carbocycles. The summed E-state index contributed by atoms with van der Waals surface area (Å²) in [4.78, 5) is 30.2. The van der Waals surface area contributed by atoms with Gasteiger partial charge >= 0.3 is 13.2 Å². The second-order valence-electron chi connectivity index (χ2n) is 10.7. The van der Waals surface area contributed by atoms with Crippen molar-refractivity contribution in [2.45, 2.75) is 63.5 Å². The molecule has 2 aliphatic heterocycles. The minimum absolute atomic E-state index is 0.0562. The molecule has 1 aromatic rings. The Hall–Kier alpha value is -2.91. The van der Waals surface area contributed by atoms with E-state index in [4.69, 9.17) is 9.47 Å². The molecule has 0 aliphatic carbocycles. The van der Waals surface area contributed by atoms with Crippen LogP contribution < -0.4 is 5.32 Å². The predicted molar refractivity (Wildman–Crippen MR) is 143 cm³/mol. The highest BCUT2D eigenvalue weighted by Gasteiger charge is 2.41. The number of nitrogens with one attached hydrogen (secondary N) is 1. The largest absolute Gasteiger partial charge is 0.453 e. The molecule has 2 amide bonds. The molecule has 2 fully saturated rings. The summed E-state index contributed by atoms with van der Waals surface area (Å²) in [5, 5.41) is 31.6. The smallest absolute Gasteiger partial charge is 0.447 e. The van der Waals surface area contributed by atoms with Gasteiger partial charge in [0.2, 0.25) is 0 Å². The molecule has 1 aromatic carbocycles. The lowest BCUT2D eigenvalue weighted by Crippen LogP contribution is -2.56. The number of hydrogen-bond acceptors (Lipinski definition) is 8. The van der Waals surface area contributed by atoms with E-state index in [1.54, 1.807) is 35.2 Å². The SMILES string of the molecule is CC(C)(C=C(C#N)C(=O)N1CCCC[C@]1(C)COC(=O)N[C@H](CB(O)O)c1ccccc1)N1CCOCC1. The number of carbonyl (C=O) groups is 2.